The molecule has 3 rings (SSSR count). The largest absolute Gasteiger partial charge is 0.352 e. The molecule has 0 radical (unpaired) electrons. The first-order valence-corrected chi connectivity index (χ1v) is 10.2. The molecule has 136 valence electrons. The molecular formula is C19H27N3O2S. The van der Waals surface area contributed by atoms with Crippen molar-refractivity contribution in [2.24, 2.45) is 0 Å². The number of thioether (sulfide) groups is 1. The first-order chi connectivity index (χ1) is 12.2. The van der Waals surface area contributed by atoms with Gasteiger partial charge in [-0.15, -0.1) is 0 Å². The van der Waals surface area contributed by atoms with Crippen molar-refractivity contribution in [1.29, 1.82) is 0 Å². The standard InChI is InChI=1S/C19H27N3O2S/c23-18(8-11-22-12-13-25-19(22)24)20-14-16-4-6-17(7-5-16)15-21-9-2-1-3-10-21/h4-7H,1-3,8-15H2,(H,20,23). The van der Waals surface area contributed by atoms with Crippen molar-refractivity contribution in [3.05, 3.63) is 35.4 Å². The Labute approximate surface area is 154 Å². The van der Waals surface area contributed by atoms with Crippen LogP contribution in [0, 0.1) is 0 Å². The van der Waals surface area contributed by atoms with E-state index in [0.717, 1.165) is 24.4 Å². The highest BCUT2D eigenvalue weighted by atomic mass is 32.2. The number of piperidine rings is 1. The highest BCUT2D eigenvalue weighted by Gasteiger charge is 2.21. The molecule has 5 nitrogen and oxygen atoms in total. The Morgan fingerprint density at radius 3 is 2.44 bits per heavy atom. The van der Waals surface area contributed by atoms with Crippen molar-refractivity contribution in [3.8, 4) is 0 Å². The van der Waals surface area contributed by atoms with E-state index in [4.69, 9.17) is 0 Å². The summed E-state index contributed by atoms with van der Waals surface area (Å²) in [5.41, 5.74) is 2.45. The summed E-state index contributed by atoms with van der Waals surface area (Å²) in [6.45, 7) is 5.26. The van der Waals surface area contributed by atoms with Crippen molar-refractivity contribution < 1.29 is 9.59 Å². The van der Waals surface area contributed by atoms with E-state index < -0.39 is 0 Å². The fourth-order valence-corrected chi connectivity index (χ4v) is 4.14. The molecule has 0 saturated carbocycles. The van der Waals surface area contributed by atoms with Gasteiger partial charge in [0.2, 0.25) is 5.91 Å². The topological polar surface area (TPSA) is 52.7 Å². The Bertz CT molecular complexity index is 585. The maximum atomic E-state index is 11.9. The molecule has 0 aromatic heterocycles. The third kappa shape index (κ3) is 5.75. The van der Waals surface area contributed by atoms with E-state index in [-0.39, 0.29) is 11.1 Å². The average Bonchev–Trinajstić information content (AvgIpc) is 3.05. The van der Waals surface area contributed by atoms with Gasteiger partial charge in [0, 0.05) is 38.4 Å². The number of hydrogen-bond acceptors (Lipinski definition) is 4. The van der Waals surface area contributed by atoms with Crippen LogP contribution in [0.2, 0.25) is 0 Å². The van der Waals surface area contributed by atoms with Gasteiger partial charge in [-0.3, -0.25) is 14.5 Å². The number of hydrogen-bond donors (Lipinski definition) is 1. The van der Waals surface area contributed by atoms with Gasteiger partial charge < -0.3 is 10.2 Å². The average molecular weight is 362 g/mol. The van der Waals surface area contributed by atoms with Gasteiger partial charge in [-0.2, -0.15) is 0 Å². The molecule has 2 heterocycles. The molecule has 1 N–H and O–H groups in total. The van der Waals surface area contributed by atoms with Crippen molar-refractivity contribution >= 4 is 22.9 Å². The highest BCUT2D eigenvalue weighted by Crippen LogP contribution is 2.17. The van der Waals surface area contributed by atoms with Crippen LogP contribution in [-0.4, -0.2) is 52.9 Å². The third-order valence-corrected chi connectivity index (χ3v) is 5.71. The minimum atomic E-state index is 0.00194. The monoisotopic (exact) mass is 361 g/mol. The van der Waals surface area contributed by atoms with Gasteiger partial charge in [-0.25, -0.2) is 0 Å². The zero-order chi connectivity index (χ0) is 17.5. The lowest BCUT2D eigenvalue weighted by Crippen LogP contribution is -2.30. The number of carbonyl (C=O) groups is 2. The molecule has 1 aromatic rings. The SMILES string of the molecule is O=C(CCN1CCSC1=O)NCc1ccc(CN2CCCCC2)cc1. The van der Waals surface area contributed by atoms with E-state index in [1.807, 2.05) is 0 Å². The molecule has 2 fully saturated rings. The fourth-order valence-electron chi connectivity index (χ4n) is 3.29. The van der Waals surface area contributed by atoms with Crippen LogP contribution in [0.25, 0.3) is 0 Å². The number of amides is 2. The van der Waals surface area contributed by atoms with Crippen LogP contribution in [0.5, 0.6) is 0 Å². The molecule has 25 heavy (non-hydrogen) atoms. The second kappa shape index (κ2) is 9.25. The number of nitrogens with zero attached hydrogens (tertiary/aromatic N) is 2. The predicted octanol–water partition coefficient (Wildman–Crippen LogP) is 2.85. The molecular weight excluding hydrogens is 334 g/mol. The summed E-state index contributed by atoms with van der Waals surface area (Å²) in [4.78, 5) is 27.7. The molecule has 0 aliphatic carbocycles. The lowest BCUT2D eigenvalue weighted by atomic mass is 10.1. The minimum absolute atomic E-state index is 0.00194. The summed E-state index contributed by atoms with van der Waals surface area (Å²) in [5.74, 6) is 0.839. The van der Waals surface area contributed by atoms with Gasteiger partial charge in [0.05, 0.1) is 0 Å². The summed E-state index contributed by atoms with van der Waals surface area (Å²) < 4.78 is 0. The van der Waals surface area contributed by atoms with Gasteiger partial charge in [-0.05, 0) is 37.1 Å². The molecule has 2 saturated heterocycles. The van der Waals surface area contributed by atoms with E-state index in [1.54, 1.807) is 4.90 Å². The number of benzene rings is 1. The van der Waals surface area contributed by atoms with Crippen LogP contribution in [0.4, 0.5) is 4.79 Å². The van der Waals surface area contributed by atoms with Gasteiger partial charge in [0.15, 0.2) is 0 Å². The van der Waals surface area contributed by atoms with Crippen LogP contribution in [0.1, 0.15) is 36.8 Å². The zero-order valence-electron chi connectivity index (χ0n) is 14.7. The Morgan fingerprint density at radius 1 is 1.04 bits per heavy atom. The number of likely N-dealkylation sites (tertiary alicyclic amines) is 1. The van der Waals surface area contributed by atoms with Crippen LogP contribution >= 0.6 is 11.8 Å². The Morgan fingerprint density at radius 2 is 1.76 bits per heavy atom. The third-order valence-electron chi connectivity index (χ3n) is 4.82. The fraction of sp³-hybridized carbons (Fsp3) is 0.579. The first-order valence-electron chi connectivity index (χ1n) is 9.19. The summed E-state index contributed by atoms with van der Waals surface area (Å²) in [6, 6.07) is 8.52. The molecule has 0 atom stereocenters. The second-order valence-corrected chi connectivity index (χ2v) is 7.83. The first kappa shape index (κ1) is 18.3. The quantitative estimate of drug-likeness (QED) is 0.811. The highest BCUT2D eigenvalue weighted by molar-refractivity contribution is 8.13. The number of carbonyl (C=O) groups excluding carboxylic acids is 2. The smallest absolute Gasteiger partial charge is 0.281 e. The number of nitrogens with one attached hydrogen (secondary N) is 1. The Hall–Kier alpha value is -1.53. The molecule has 6 heteroatoms. The maximum absolute atomic E-state index is 11.9. The van der Waals surface area contributed by atoms with Crippen LogP contribution in [0.3, 0.4) is 0 Å². The van der Waals surface area contributed by atoms with Crippen LogP contribution in [0.15, 0.2) is 24.3 Å². The normalized spacial score (nSPS) is 18.6. The summed E-state index contributed by atoms with van der Waals surface area (Å²) in [5, 5.41) is 3.04. The van der Waals surface area contributed by atoms with Crippen molar-refractivity contribution in [2.45, 2.75) is 38.8 Å². The van der Waals surface area contributed by atoms with Gasteiger partial charge in [0.25, 0.3) is 5.24 Å². The Balaban J connectivity index is 1.37. The van der Waals surface area contributed by atoms with E-state index in [0.29, 0.717) is 19.5 Å². The summed E-state index contributed by atoms with van der Waals surface area (Å²) >= 11 is 1.33. The van der Waals surface area contributed by atoms with E-state index in [1.165, 1.54) is 49.7 Å². The van der Waals surface area contributed by atoms with Gasteiger partial charge >= 0.3 is 0 Å². The van der Waals surface area contributed by atoms with Crippen molar-refractivity contribution in [1.82, 2.24) is 15.1 Å². The minimum Gasteiger partial charge on any atom is -0.352 e. The zero-order valence-corrected chi connectivity index (χ0v) is 15.5. The summed E-state index contributed by atoms with van der Waals surface area (Å²) in [6.07, 6.45) is 4.36. The van der Waals surface area contributed by atoms with E-state index in [9.17, 15) is 9.59 Å². The summed E-state index contributed by atoms with van der Waals surface area (Å²) in [7, 11) is 0. The molecule has 2 aliphatic heterocycles. The van der Waals surface area contributed by atoms with Crippen LogP contribution in [-0.2, 0) is 17.9 Å². The van der Waals surface area contributed by atoms with Crippen LogP contribution < -0.4 is 5.32 Å². The Kier molecular flexibility index (Phi) is 6.76. The van der Waals surface area contributed by atoms with E-state index in [2.05, 4.69) is 34.5 Å². The second-order valence-electron chi connectivity index (χ2n) is 6.78. The van der Waals surface area contributed by atoms with E-state index >= 15 is 0 Å². The van der Waals surface area contributed by atoms with Crippen molar-refractivity contribution in [3.63, 3.8) is 0 Å². The van der Waals surface area contributed by atoms with Gasteiger partial charge in [0.1, 0.15) is 0 Å². The molecule has 0 unspecified atom stereocenters. The predicted molar refractivity (Wildman–Crippen MR) is 101 cm³/mol. The lowest BCUT2D eigenvalue weighted by Gasteiger charge is -2.26. The molecule has 0 spiro atoms. The van der Waals surface area contributed by atoms with Crippen molar-refractivity contribution in [2.75, 3.05) is 31.9 Å². The molecule has 2 aliphatic rings. The molecule has 0 bridgehead atoms. The molecule has 1 aromatic carbocycles. The molecule has 2 amide bonds. The lowest BCUT2D eigenvalue weighted by molar-refractivity contribution is -0.121. The maximum Gasteiger partial charge on any atom is 0.281 e. The van der Waals surface area contributed by atoms with Gasteiger partial charge in [-0.1, -0.05) is 42.4 Å². The number of rotatable bonds is 7.